The van der Waals surface area contributed by atoms with Crippen LogP contribution in [0.25, 0.3) is 10.6 Å². The lowest BCUT2D eigenvalue weighted by molar-refractivity contribution is 0.427. The molecule has 0 aliphatic carbocycles. The molecule has 0 aliphatic rings. The van der Waals surface area contributed by atoms with Crippen molar-refractivity contribution in [3.8, 4) is 10.6 Å². The Balaban J connectivity index is 1.69. The van der Waals surface area contributed by atoms with E-state index in [1.807, 2.05) is 30.5 Å². The molecule has 3 rings (SSSR count). The average molecular weight is 293 g/mol. The fourth-order valence-electron chi connectivity index (χ4n) is 1.50. The summed E-state index contributed by atoms with van der Waals surface area (Å²) in [7, 11) is 0. The van der Waals surface area contributed by atoms with Gasteiger partial charge < -0.3 is 10.4 Å². The minimum Gasteiger partial charge on any atom is -0.355 e. The number of thiophene rings is 1. The van der Waals surface area contributed by atoms with Crippen LogP contribution in [0, 0.1) is 6.92 Å². The zero-order valence-corrected chi connectivity index (χ0v) is 11.7. The van der Waals surface area contributed by atoms with Gasteiger partial charge in [-0.3, -0.25) is 0 Å². The Morgan fingerprint density at radius 3 is 3.05 bits per heavy atom. The Kier molecular flexibility index (Phi) is 3.26. The minimum atomic E-state index is 0.643. The Bertz CT molecular complexity index is 673. The van der Waals surface area contributed by atoms with Crippen LogP contribution >= 0.6 is 23.1 Å². The van der Waals surface area contributed by atoms with Gasteiger partial charge in [-0.1, -0.05) is 23.0 Å². The van der Waals surface area contributed by atoms with Gasteiger partial charge in [-0.15, -0.1) is 21.5 Å². The molecule has 0 atom stereocenters. The molecule has 0 fully saturated rings. The normalized spacial score (nSPS) is 11.0. The number of nitrogens with zero attached hydrogens (tertiary/aromatic N) is 4. The van der Waals surface area contributed by atoms with Crippen LogP contribution in [0.2, 0.25) is 0 Å². The number of nitrogen functional groups attached to an aromatic ring is 1. The number of thioether (sulfide) groups is 1. The number of aryl methyl sites for hydroxylation is 1. The molecule has 0 amide bonds. The highest BCUT2D eigenvalue weighted by Crippen LogP contribution is 2.27. The van der Waals surface area contributed by atoms with Gasteiger partial charge in [-0.05, 0) is 18.4 Å². The van der Waals surface area contributed by atoms with E-state index in [-0.39, 0.29) is 0 Å². The van der Waals surface area contributed by atoms with Crippen molar-refractivity contribution in [1.29, 1.82) is 0 Å². The van der Waals surface area contributed by atoms with Gasteiger partial charge in [0.05, 0.1) is 10.6 Å². The van der Waals surface area contributed by atoms with Crippen molar-refractivity contribution in [2.24, 2.45) is 0 Å². The second-order valence-electron chi connectivity index (χ2n) is 3.85. The predicted molar refractivity (Wildman–Crippen MR) is 74.3 cm³/mol. The van der Waals surface area contributed by atoms with Crippen molar-refractivity contribution in [1.82, 2.24) is 20.0 Å². The molecule has 8 heteroatoms. The fraction of sp³-hybridized carbons (Fsp3) is 0.182. The van der Waals surface area contributed by atoms with Crippen molar-refractivity contribution < 1.29 is 4.52 Å². The molecule has 0 aromatic carbocycles. The summed E-state index contributed by atoms with van der Waals surface area (Å²) in [5, 5.41) is 14.6. The smallest absolute Gasteiger partial charge is 0.210 e. The van der Waals surface area contributed by atoms with Crippen LogP contribution < -0.4 is 5.84 Å². The molecule has 0 radical (unpaired) electrons. The summed E-state index contributed by atoms with van der Waals surface area (Å²) in [6.07, 6.45) is 0. The lowest BCUT2D eigenvalue weighted by Gasteiger charge is -1.98. The van der Waals surface area contributed by atoms with Gasteiger partial charge in [0, 0.05) is 11.8 Å². The van der Waals surface area contributed by atoms with Gasteiger partial charge in [-0.2, -0.15) is 0 Å². The van der Waals surface area contributed by atoms with E-state index >= 15 is 0 Å². The van der Waals surface area contributed by atoms with Gasteiger partial charge in [0.15, 0.2) is 5.76 Å². The molecule has 0 unspecified atom stereocenters. The van der Waals surface area contributed by atoms with Crippen LogP contribution in [-0.2, 0) is 5.75 Å². The highest BCUT2D eigenvalue weighted by molar-refractivity contribution is 7.98. The first kappa shape index (κ1) is 12.2. The number of hydrogen-bond donors (Lipinski definition) is 1. The van der Waals surface area contributed by atoms with E-state index in [4.69, 9.17) is 10.4 Å². The molecule has 0 saturated heterocycles. The van der Waals surface area contributed by atoms with E-state index in [9.17, 15) is 0 Å². The maximum Gasteiger partial charge on any atom is 0.210 e. The SMILES string of the molecule is Cc1nnc(SCc2cc(-c3cccs3)on2)n1N. The third kappa shape index (κ3) is 2.49. The zero-order valence-electron chi connectivity index (χ0n) is 10.1. The summed E-state index contributed by atoms with van der Waals surface area (Å²) in [5.74, 6) is 7.89. The fourth-order valence-corrected chi connectivity index (χ4v) is 2.96. The molecule has 3 aromatic heterocycles. The molecule has 19 heavy (non-hydrogen) atoms. The van der Waals surface area contributed by atoms with E-state index in [1.54, 1.807) is 11.3 Å². The molecule has 2 N–H and O–H groups in total. The standard InChI is InChI=1S/C11H11N5OS2/c1-7-13-14-11(16(7)12)19-6-8-5-9(17-15-8)10-3-2-4-18-10/h2-5H,6,12H2,1H3. The predicted octanol–water partition coefficient (Wildman–Crippen LogP) is 2.31. The highest BCUT2D eigenvalue weighted by Gasteiger charge is 2.11. The Labute approximate surface area is 117 Å². The third-order valence-electron chi connectivity index (χ3n) is 2.51. The van der Waals surface area contributed by atoms with Crippen molar-refractivity contribution in [3.63, 3.8) is 0 Å². The van der Waals surface area contributed by atoms with Crippen LogP contribution in [0.3, 0.4) is 0 Å². The third-order valence-corrected chi connectivity index (χ3v) is 4.37. The number of hydrogen-bond acceptors (Lipinski definition) is 7. The first-order valence-corrected chi connectivity index (χ1v) is 7.40. The van der Waals surface area contributed by atoms with Crippen LogP contribution in [0.1, 0.15) is 11.5 Å². The summed E-state index contributed by atoms with van der Waals surface area (Å²) in [6, 6.07) is 5.92. The Morgan fingerprint density at radius 1 is 1.47 bits per heavy atom. The quantitative estimate of drug-likeness (QED) is 0.587. The second-order valence-corrected chi connectivity index (χ2v) is 5.74. The molecule has 0 bridgehead atoms. The van der Waals surface area contributed by atoms with Crippen molar-refractivity contribution >= 4 is 23.1 Å². The van der Waals surface area contributed by atoms with Gasteiger partial charge >= 0.3 is 0 Å². The van der Waals surface area contributed by atoms with Gasteiger partial charge in [0.1, 0.15) is 5.82 Å². The Hall–Kier alpha value is -1.80. The molecule has 0 aliphatic heterocycles. The lowest BCUT2D eigenvalue weighted by atomic mass is 10.3. The Morgan fingerprint density at radius 2 is 2.37 bits per heavy atom. The van der Waals surface area contributed by atoms with Gasteiger partial charge in [-0.25, -0.2) is 4.68 Å². The van der Waals surface area contributed by atoms with Crippen molar-refractivity contribution in [2.75, 3.05) is 5.84 Å². The first-order chi connectivity index (χ1) is 9.24. The number of aromatic nitrogens is 4. The largest absolute Gasteiger partial charge is 0.355 e. The molecular formula is C11H11N5OS2. The monoisotopic (exact) mass is 293 g/mol. The number of rotatable bonds is 4. The highest BCUT2D eigenvalue weighted by atomic mass is 32.2. The molecule has 6 nitrogen and oxygen atoms in total. The average Bonchev–Trinajstić information content (AvgIpc) is 3.11. The minimum absolute atomic E-state index is 0.643. The van der Waals surface area contributed by atoms with Crippen LogP contribution in [0.15, 0.2) is 33.3 Å². The van der Waals surface area contributed by atoms with E-state index in [1.165, 1.54) is 16.4 Å². The van der Waals surface area contributed by atoms with Crippen LogP contribution in [0.5, 0.6) is 0 Å². The molecule has 98 valence electrons. The lowest BCUT2D eigenvalue weighted by Crippen LogP contribution is -2.11. The maximum atomic E-state index is 5.78. The molecule has 0 spiro atoms. The van der Waals surface area contributed by atoms with Crippen molar-refractivity contribution in [2.45, 2.75) is 17.8 Å². The summed E-state index contributed by atoms with van der Waals surface area (Å²) in [6.45, 7) is 1.81. The maximum absolute atomic E-state index is 5.78. The van der Waals surface area contributed by atoms with Crippen LogP contribution in [0.4, 0.5) is 0 Å². The molecule has 0 saturated carbocycles. The van der Waals surface area contributed by atoms with Crippen molar-refractivity contribution in [3.05, 3.63) is 35.1 Å². The van der Waals surface area contributed by atoms with E-state index in [2.05, 4.69) is 15.4 Å². The van der Waals surface area contributed by atoms with E-state index in [0.717, 1.165) is 16.3 Å². The second kappa shape index (κ2) is 5.06. The number of nitrogens with two attached hydrogens (primary N) is 1. The van der Waals surface area contributed by atoms with Gasteiger partial charge in [0.25, 0.3) is 0 Å². The van der Waals surface area contributed by atoms with Gasteiger partial charge in [0.2, 0.25) is 5.16 Å². The van der Waals surface area contributed by atoms with E-state index < -0.39 is 0 Å². The van der Waals surface area contributed by atoms with Crippen LogP contribution in [-0.4, -0.2) is 20.0 Å². The topological polar surface area (TPSA) is 82.8 Å². The molecule has 3 aromatic rings. The molecular weight excluding hydrogens is 282 g/mol. The molecule has 3 heterocycles. The summed E-state index contributed by atoms with van der Waals surface area (Å²) in [4.78, 5) is 1.07. The summed E-state index contributed by atoms with van der Waals surface area (Å²) in [5.41, 5.74) is 0.856. The van der Waals surface area contributed by atoms with E-state index in [0.29, 0.717) is 16.7 Å². The summed E-state index contributed by atoms with van der Waals surface area (Å²) < 4.78 is 6.77. The zero-order chi connectivity index (χ0) is 13.2. The summed E-state index contributed by atoms with van der Waals surface area (Å²) >= 11 is 3.10. The first-order valence-electron chi connectivity index (χ1n) is 5.53.